The quantitative estimate of drug-likeness (QED) is 0.860. The number of ether oxygens (including phenoxy) is 1. The van der Waals surface area contributed by atoms with Gasteiger partial charge in [0.25, 0.3) is 0 Å². The van der Waals surface area contributed by atoms with Gasteiger partial charge in [-0.05, 0) is 37.4 Å². The fourth-order valence-electron chi connectivity index (χ4n) is 2.70. The van der Waals surface area contributed by atoms with Crippen molar-refractivity contribution < 1.29 is 9.84 Å². The molecule has 18 heavy (non-hydrogen) atoms. The van der Waals surface area contributed by atoms with Gasteiger partial charge in [0, 0.05) is 13.0 Å². The molecule has 1 heterocycles. The van der Waals surface area contributed by atoms with Crippen LogP contribution in [-0.4, -0.2) is 30.9 Å². The first-order valence-electron chi connectivity index (χ1n) is 6.62. The van der Waals surface area contributed by atoms with Crippen molar-refractivity contribution >= 4 is 0 Å². The van der Waals surface area contributed by atoms with Crippen molar-refractivity contribution in [2.24, 2.45) is 5.92 Å². The van der Waals surface area contributed by atoms with Crippen molar-refractivity contribution in [2.75, 3.05) is 20.2 Å². The molecule has 0 bridgehead atoms. The summed E-state index contributed by atoms with van der Waals surface area (Å²) in [4.78, 5) is 0. The standard InChI is InChI=1S/C15H23NO2/c1-11-4-5-14(18-3)13(8-11)9-15(17)6-7-16-10-12(15)2/h4-5,8,12,16-17H,6-7,9-10H2,1-3H3. The molecule has 0 aliphatic carbocycles. The van der Waals surface area contributed by atoms with Crippen LogP contribution in [0.25, 0.3) is 0 Å². The van der Waals surface area contributed by atoms with E-state index in [-0.39, 0.29) is 5.92 Å². The van der Waals surface area contributed by atoms with Gasteiger partial charge in [0.1, 0.15) is 5.75 Å². The number of benzene rings is 1. The minimum absolute atomic E-state index is 0.261. The number of aliphatic hydroxyl groups is 1. The molecule has 2 atom stereocenters. The molecule has 0 saturated carbocycles. The molecule has 100 valence electrons. The first-order valence-corrected chi connectivity index (χ1v) is 6.62. The molecule has 0 spiro atoms. The van der Waals surface area contributed by atoms with Crippen molar-refractivity contribution in [3.8, 4) is 5.75 Å². The Balaban J connectivity index is 2.24. The van der Waals surface area contributed by atoms with Crippen LogP contribution in [0.2, 0.25) is 0 Å². The van der Waals surface area contributed by atoms with Crippen LogP contribution >= 0.6 is 0 Å². The number of hydrogen-bond donors (Lipinski definition) is 2. The minimum atomic E-state index is -0.619. The number of piperidine rings is 1. The van der Waals surface area contributed by atoms with Gasteiger partial charge in [-0.1, -0.05) is 24.6 Å². The molecule has 0 aromatic heterocycles. The Hall–Kier alpha value is -1.06. The van der Waals surface area contributed by atoms with Crippen molar-refractivity contribution in [1.82, 2.24) is 5.32 Å². The van der Waals surface area contributed by atoms with Gasteiger partial charge in [-0.15, -0.1) is 0 Å². The highest BCUT2D eigenvalue weighted by Crippen LogP contribution is 2.32. The SMILES string of the molecule is COc1ccc(C)cc1CC1(O)CCNCC1C. The molecule has 2 rings (SSSR count). The molecule has 3 heteroatoms. The summed E-state index contributed by atoms with van der Waals surface area (Å²) in [7, 11) is 1.68. The van der Waals surface area contributed by atoms with E-state index in [4.69, 9.17) is 4.74 Å². The normalized spacial score (nSPS) is 28.1. The Bertz CT molecular complexity index is 419. The third-order valence-corrected chi connectivity index (χ3v) is 4.04. The molecule has 2 unspecified atom stereocenters. The summed E-state index contributed by atoms with van der Waals surface area (Å²) in [6.07, 6.45) is 1.46. The maximum absolute atomic E-state index is 10.8. The number of aryl methyl sites for hydroxylation is 1. The predicted molar refractivity (Wildman–Crippen MR) is 73.0 cm³/mol. The summed E-state index contributed by atoms with van der Waals surface area (Å²) in [6, 6.07) is 6.14. The van der Waals surface area contributed by atoms with Crippen LogP contribution in [0, 0.1) is 12.8 Å². The highest BCUT2D eigenvalue weighted by molar-refractivity contribution is 5.38. The first kappa shape index (κ1) is 13.4. The molecule has 1 saturated heterocycles. The second-order valence-electron chi connectivity index (χ2n) is 5.45. The van der Waals surface area contributed by atoms with E-state index in [2.05, 4.69) is 25.2 Å². The second kappa shape index (κ2) is 5.29. The van der Waals surface area contributed by atoms with Crippen LogP contribution in [0.1, 0.15) is 24.5 Å². The largest absolute Gasteiger partial charge is 0.496 e. The average Bonchev–Trinajstić information content (AvgIpc) is 2.33. The van der Waals surface area contributed by atoms with E-state index in [1.54, 1.807) is 7.11 Å². The molecular weight excluding hydrogens is 226 g/mol. The van der Waals surface area contributed by atoms with Crippen LogP contribution in [-0.2, 0) is 6.42 Å². The highest BCUT2D eigenvalue weighted by Gasteiger charge is 2.36. The lowest BCUT2D eigenvalue weighted by atomic mass is 9.78. The fraction of sp³-hybridized carbons (Fsp3) is 0.600. The van der Waals surface area contributed by atoms with Crippen LogP contribution in [0.5, 0.6) is 5.75 Å². The molecule has 2 N–H and O–H groups in total. The molecule has 1 aliphatic rings. The van der Waals surface area contributed by atoms with Gasteiger partial charge >= 0.3 is 0 Å². The van der Waals surface area contributed by atoms with Gasteiger partial charge in [-0.2, -0.15) is 0 Å². The summed E-state index contributed by atoms with van der Waals surface area (Å²) >= 11 is 0. The first-order chi connectivity index (χ1) is 8.55. The van der Waals surface area contributed by atoms with Crippen molar-refractivity contribution in [3.05, 3.63) is 29.3 Å². The molecular formula is C15H23NO2. The lowest BCUT2D eigenvalue weighted by Crippen LogP contribution is -2.50. The van der Waals surface area contributed by atoms with Crippen molar-refractivity contribution in [3.63, 3.8) is 0 Å². The average molecular weight is 249 g/mol. The third kappa shape index (κ3) is 2.68. The van der Waals surface area contributed by atoms with Gasteiger partial charge in [-0.25, -0.2) is 0 Å². The zero-order chi connectivity index (χ0) is 13.2. The Morgan fingerprint density at radius 3 is 2.94 bits per heavy atom. The fourth-order valence-corrected chi connectivity index (χ4v) is 2.70. The third-order valence-electron chi connectivity index (χ3n) is 4.04. The van der Waals surface area contributed by atoms with Gasteiger partial charge in [-0.3, -0.25) is 0 Å². The maximum Gasteiger partial charge on any atom is 0.122 e. The van der Waals surface area contributed by atoms with E-state index < -0.39 is 5.60 Å². The lowest BCUT2D eigenvalue weighted by Gasteiger charge is -2.39. The topological polar surface area (TPSA) is 41.5 Å². The molecule has 3 nitrogen and oxygen atoms in total. The Morgan fingerprint density at radius 1 is 1.50 bits per heavy atom. The minimum Gasteiger partial charge on any atom is -0.496 e. The molecule has 1 aliphatic heterocycles. The van der Waals surface area contributed by atoms with Gasteiger partial charge in [0.05, 0.1) is 12.7 Å². The number of rotatable bonds is 3. The van der Waals surface area contributed by atoms with E-state index in [9.17, 15) is 5.11 Å². The van der Waals surface area contributed by atoms with E-state index in [0.717, 1.165) is 30.8 Å². The smallest absolute Gasteiger partial charge is 0.122 e. The number of methoxy groups -OCH3 is 1. The predicted octanol–water partition coefficient (Wildman–Crippen LogP) is 1.91. The number of hydrogen-bond acceptors (Lipinski definition) is 3. The summed E-state index contributed by atoms with van der Waals surface area (Å²) < 4.78 is 5.40. The molecule has 1 aromatic rings. The van der Waals surface area contributed by atoms with E-state index in [0.29, 0.717) is 6.42 Å². The Morgan fingerprint density at radius 2 is 2.28 bits per heavy atom. The van der Waals surface area contributed by atoms with E-state index >= 15 is 0 Å². The number of nitrogens with one attached hydrogen (secondary N) is 1. The second-order valence-corrected chi connectivity index (χ2v) is 5.45. The van der Waals surface area contributed by atoms with Crippen molar-refractivity contribution in [1.29, 1.82) is 0 Å². The van der Waals surface area contributed by atoms with Crippen molar-refractivity contribution in [2.45, 2.75) is 32.3 Å². The van der Waals surface area contributed by atoms with Crippen LogP contribution < -0.4 is 10.1 Å². The van der Waals surface area contributed by atoms with Crippen LogP contribution in [0.15, 0.2) is 18.2 Å². The monoisotopic (exact) mass is 249 g/mol. The summed E-state index contributed by atoms with van der Waals surface area (Å²) in [5, 5.41) is 14.1. The summed E-state index contributed by atoms with van der Waals surface area (Å²) in [5.41, 5.74) is 1.69. The lowest BCUT2D eigenvalue weighted by molar-refractivity contribution is -0.0333. The Kier molecular flexibility index (Phi) is 3.93. The molecule has 1 aromatic carbocycles. The van der Waals surface area contributed by atoms with Gasteiger partial charge < -0.3 is 15.2 Å². The summed E-state index contributed by atoms with van der Waals surface area (Å²) in [5.74, 6) is 1.14. The van der Waals surface area contributed by atoms with Crippen LogP contribution in [0.3, 0.4) is 0 Å². The molecule has 0 amide bonds. The van der Waals surface area contributed by atoms with Gasteiger partial charge in [0.15, 0.2) is 0 Å². The summed E-state index contributed by atoms with van der Waals surface area (Å²) in [6.45, 7) is 5.94. The van der Waals surface area contributed by atoms with E-state index in [1.807, 2.05) is 12.1 Å². The van der Waals surface area contributed by atoms with E-state index in [1.165, 1.54) is 5.56 Å². The molecule has 1 fully saturated rings. The Labute approximate surface area is 109 Å². The zero-order valence-corrected chi connectivity index (χ0v) is 11.5. The van der Waals surface area contributed by atoms with Gasteiger partial charge in [0.2, 0.25) is 0 Å². The molecule has 0 radical (unpaired) electrons. The highest BCUT2D eigenvalue weighted by atomic mass is 16.5. The van der Waals surface area contributed by atoms with Crippen LogP contribution in [0.4, 0.5) is 0 Å². The maximum atomic E-state index is 10.8. The zero-order valence-electron chi connectivity index (χ0n) is 11.5.